The molecule has 0 radical (unpaired) electrons. The highest BCUT2D eigenvalue weighted by molar-refractivity contribution is 7.80. The van der Waals surface area contributed by atoms with Crippen molar-refractivity contribution in [3.8, 4) is 11.4 Å². The van der Waals surface area contributed by atoms with Crippen molar-refractivity contribution in [1.82, 2.24) is 14.9 Å². The number of rotatable bonds is 7. The second-order valence-corrected chi connectivity index (χ2v) is 10.8. The standard InChI is InChI=1S/C31H32N6O4S/c1-20-18-25(21(2)35(20)27-12-11-24(40-3)19-28(27)37(38)39)30-29(26-6-4-5-13-32-26)33-31(42)36(30)23-9-7-22(8-10-23)34-14-16-41-17-15-34/h4-13,18-19,29-30H,14-17H2,1-3H3,(H,33,42)/t29-,30+/m0/s1. The van der Waals surface area contributed by atoms with E-state index in [0.717, 1.165) is 60.3 Å². The number of benzene rings is 2. The third kappa shape index (κ3) is 4.94. The fourth-order valence-electron chi connectivity index (χ4n) is 6.02. The Morgan fingerprint density at radius 2 is 1.79 bits per heavy atom. The molecular formula is C31H32N6O4S. The van der Waals surface area contributed by atoms with E-state index in [1.54, 1.807) is 18.3 Å². The van der Waals surface area contributed by atoms with Crippen LogP contribution in [0.3, 0.4) is 0 Å². The van der Waals surface area contributed by atoms with Crippen molar-refractivity contribution in [2.45, 2.75) is 25.9 Å². The van der Waals surface area contributed by atoms with Crippen molar-refractivity contribution in [2.75, 3.05) is 43.2 Å². The number of pyridine rings is 1. The van der Waals surface area contributed by atoms with E-state index in [-0.39, 0.29) is 22.7 Å². The van der Waals surface area contributed by atoms with Gasteiger partial charge >= 0.3 is 0 Å². The van der Waals surface area contributed by atoms with Gasteiger partial charge in [-0.3, -0.25) is 15.1 Å². The van der Waals surface area contributed by atoms with Crippen LogP contribution in [0.25, 0.3) is 5.69 Å². The van der Waals surface area contributed by atoms with Crippen molar-refractivity contribution < 1.29 is 14.4 Å². The number of hydrogen-bond acceptors (Lipinski definition) is 7. The minimum Gasteiger partial charge on any atom is -0.496 e. The van der Waals surface area contributed by atoms with Gasteiger partial charge in [0.05, 0.1) is 49.1 Å². The first-order chi connectivity index (χ1) is 20.4. The summed E-state index contributed by atoms with van der Waals surface area (Å²) in [6.07, 6.45) is 1.78. The molecule has 10 nitrogen and oxygen atoms in total. The maximum atomic E-state index is 12.1. The molecule has 0 unspecified atom stereocenters. The summed E-state index contributed by atoms with van der Waals surface area (Å²) in [6, 6.07) is 20.8. The van der Waals surface area contributed by atoms with E-state index in [1.165, 1.54) is 13.2 Å². The Morgan fingerprint density at radius 3 is 2.45 bits per heavy atom. The molecule has 6 rings (SSSR count). The molecule has 0 spiro atoms. The van der Waals surface area contributed by atoms with Crippen molar-refractivity contribution in [3.63, 3.8) is 0 Å². The molecule has 4 aromatic rings. The number of nitro benzene ring substituents is 1. The lowest BCUT2D eigenvalue weighted by atomic mass is 9.96. The topological polar surface area (TPSA) is 97.9 Å². The number of thiocarbonyl (C=S) groups is 1. The summed E-state index contributed by atoms with van der Waals surface area (Å²) in [6.45, 7) is 7.11. The van der Waals surface area contributed by atoms with Crippen LogP contribution in [0, 0.1) is 24.0 Å². The number of nitrogens with one attached hydrogen (secondary N) is 1. The van der Waals surface area contributed by atoms with Gasteiger partial charge in [0, 0.05) is 42.0 Å². The molecular weight excluding hydrogens is 552 g/mol. The number of aromatic nitrogens is 2. The zero-order valence-corrected chi connectivity index (χ0v) is 24.5. The summed E-state index contributed by atoms with van der Waals surface area (Å²) in [5, 5.41) is 16.2. The molecule has 0 amide bonds. The number of hydrogen-bond donors (Lipinski definition) is 1. The monoisotopic (exact) mass is 584 g/mol. The summed E-state index contributed by atoms with van der Waals surface area (Å²) in [7, 11) is 1.50. The lowest BCUT2D eigenvalue weighted by molar-refractivity contribution is -0.384. The van der Waals surface area contributed by atoms with Gasteiger partial charge in [0.1, 0.15) is 11.4 Å². The van der Waals surface area contributed by atoms with Gasteiger partial charge < -0.3 is 29.2 Å². The first-order valence-corrected chi connectivity index (χ1v) is 14.2. The molecule has 2 atom stereocenters. The van der Waals surface area contributed by atoms with Crippen molar-refractivity contribution in [3.05, 3.63) is 106 Å². The number of ether oxygens (including phenoxy) is 2. The van der Waals surface area contributed by atoms with Crippen LogP contribution in [0.4, 0.5) is 17.1 Å². The Balaban J connectivity index is 1.46. The molecule has 0 aliphatic carbocycles. The van der Waals surface area contributed by atoms with Crippen LogP contribution >= 0.6 is 12.2 Å². The number of anilines is 2. The van der Waals surface area contributed by atoms with Gasteiger partial charge in [-0.05, 0) is 86.2 Å². The number of methoxy groups -OCH3 is 1. The van der Waals surface area contributed by atoms with Crippen LogP contribution in [0.5, 0.6) is 5.75 Å². The highest BCUT2D eigenvalue weighted by Gasteiger charge is 2.42. The molecule has 0 saturated carbocycles. The van der Waals surface area contributed by atoms with Crippen LogP contribution in [-0.4, -0.2) is 53.0 Å². The van der Waals surface area contributed by atoms with Crippen LogP contribution in [0.1, 0.15) is 34.7 Å². The maximum absolute atomic E-state index is 12.1. The molecule has 2 aromatic carbocycles. The smallest absolute Gasteiger partial charge is 0.296 e. The Bertz CT molecular complexity index is 1620. The van der Waals surface area contributed by atoms with E-state index in [9.17, 15) is 10.1 Å². The van der Waals surface area contributed by atoms with Crippen LogP contribution in [-0.2, 0) is 4.74 Å². The van der Waals surface area contributed by atoms with Crippen molar-refractivity contribution in [2.24, 2.45) is 0 Å². The minimum atomic E-state index is -0.373. The van der Waals surface area contributed by atoms with E-state index in [0.29, 0.717) is 16.5 Å². The van der Waals surface area contributed by atoms with E-state index in [4.69, 9.17) is 21.7 Å². The van der Waals surface area contributed by atoms with Gasteiger partial charge in [-0.1, -0.05) is 6.07 Å². The summed E-state index contributed by atoms with van der Waals surface area (Å²) >= 11 is 5.94. The van der Waals surface area contributed by atoms with Crippen LogP contribution in [0.15, 0.2) is 72.9 Å². The van der Waals surface area contributed by atoms with Gasteiger partial charge in [-0.2, -0.15) is 0 Å². The van der Waals surface area contributed by atoms with Gasteiger partial charge in [-0.25, -0.2) is 0 Å². The third-order valence-electron chi connectivity index (χ3n) is 8.01. The van der Waals surface area contributed by atoms with E-state index < -0.39 is 0 Å². The number of nitro groups is 1. The number of aryl methyl sites for hydroxylation is 1. The number of morpholine rings is 1. The second-order valence-electron chi connectivity index (χ2n) is 10.4. The quantitative estimate of drug-likeness (QED) is 0.173. The zero-order valence-electron chi connectivity index (χ0n) is 23.7. The predicted octanol–water partition coefficient (Wildman–Crippen LogP) is 5.42. The van der Waals surface area contributed by atoms with E-state index in [1.807, 2.05) is 36.6 Å². The summed E-state index contributed by atoms with van der Waals surface area (Å²) in [5.74, 6) is 0.431. The van der Waals surface area contributed by atoms with E-state index >= 15 is 0 Å². The average molecular weight is 585 g/mol. The minimum absolute atomic E-state index is 0.0281. The van der Waals surface area contributed by atoms with Crippen LogP contribution < -0.4 is 19.9 Å². The van der Waals surface area contributed by atoms with Crippen LogP contribution in [0.2, 0.25) is 0 Å². The number of nitrogens with zero attached hydrogens (tertiary/aromatic N) is 5. The molecule has 2 saturated heterocycles. The normalized spacial score (nSPS) is 18.7. The molecule has 2 aliphatic heterocycles. The second kappa shape index (κ2) is 11.4. The lowest BCUT2D eigenvalue weighted by Gasteiger charge is -2.31. The van der Waals surface area contributed by atoms with Crippen molar-refractivity contribution >= 4 is 34.4 Å². The average Bonchev–Trinajstić information content (AvgIpc) is 3.52. The predicted molar refractivity (Wildman–Crippen MR) is 166 cm³/mol. The Kier molecular flexibility index (Phi) is 7.53. The fraction of sp³-hybridized carbons (Fsp3) is 0.290. The highest BCUT2D eigenvalue weighted by Crippen LogP contribution is 2.44. The molecule has 1 N–H and O–H groups in total. The fourth-order valence-corrected chi connectivity index (χ4v) is 6.36. The lowest BCUT2D eigenvalue weighted by Crippen LogP contribution is -2.36. The molecule has 42 heavy (non-hydrogen) atoms. The summed E-state index contributed by atoms with van der Waals surface area (Å²) < 4.78 is 12.7. The Morgan fingerprint density at radius 1 is 1.05 bits per heavy atom. The molecule has 11 heteroatoms. The molecule has 2 fully saturated rings. The molecule has 0 bridgehead atoms. The van der Waals surface area contributed by atoms with Gasteiger partial charge in [0.25, 0.3) is 5.69 Å². The third-order valence-corrected chi connectivity index (χ3v) is 8.33. The van der Waals surface area contributed by atoms with Gasteiger partial charge in [0.2, 0.25) is 0 Å². The Hall–Kier alpha value is -4.48. The van der Waals surface area contributed by atoms with Crippen molar-refractivity contribution in [1.29, 1.82) is 0 Å². The Labute approximate surface area is 249 Å². The first-order valence-electron chi connectivity index (χ1n) is 13.8. The van der Waals surface area contributed by atoms with Gasteiger partial charge in [0.15, 0.2) is 5.11 Å². The molecule has 2 aliphatic rings. The van der Waals surface area contributed by atoms with Gasteiger partial charge in [-0.15, -0.1) is 0 Å². The summed E-state index contributed by atoms with van der Waals surface area (Å²) in [5.41, 5.74) is 6.15. The maximum Gasteiger partial charge on any atom is 0.296 e. The molecule has 4 heterocycles. The first kappa shape index (κ1) is 27.7. The molecule has 2 aromatic heterocycles. The zero-order chi connectivity index (χ0) is 29.4. The largest absolute Gasteiger partial charge is 0.496 e. The SMILES string of the molecule is COc1ccc(-n2c(C)cc([C@@H]3[C@H](c4ccccn4)NC(=S)N3c3ccc(N4CCOCC4)cc3)c2C)c([N+](=O)[O-])c1. The molecule has 216 valence electrons. The van der Waals surface area contributed by atoms with E-state index in [2.05, 4.69) is 50.4 Å². The highest BCUT2D eigenvalue weighted by atomic mass is 32.1. The summed E-state index contributed by atoms with van der Waals surface area (Å²) in [4.78, 5) is 20.8.